The third-order valence-corrected chi connectivity index (χ3v) is 6.66. The number of aryl methyl sites for hydroxylation is 2. The Hall–Kier alpha value is -2.01. The minimum Gasteiger partial charge on any atom is -0.358 e. The van der Waals surface area contributed by atoms with Crippen LogP contribution in [-0.2, 0) is 6.42 Å². The Morgan fingerprint density at radius 1 is 1.30 bits per heavy atom. The highest BCUT2D eigenvalue weighted by Gasteiger charge is 2.40. The molecule has 2 heterocycles. The van der Waals surface area contributed by atoms with Crippen molar-refractivity contribution < 1.29 is 4.79 Å². The van der Waals surface area contributed by atoms with Gasteiger partial charge in [-0.05, 0) is 70.3 Å². The Kier molecular flexibility index (Phi) is 4.66. The van der Waals surface area contributed by atoms with E-state index in [1.807, 2.05) is 18.7 Å². The number of amides is 2. The average Bonchev–Trinajstić information content (AvgIpc) is 2.93. The van der Waals surface area contributed by atoms with Gasteiger partial charge in [-0.25, -0.2) is 4.79 Å². The third-order valence-electron chi connectivity index (χ3n) is 6.66. The van der Waals surface area contributed by atoms with Crippen LogP contribution in [0.5, 0.6) is 0 Å². The molecule has 0 spiro atoms. The molecule has 0 saturated carbocycles. The van der Waals surface area contributed by atoms with Gasteiger partial charge in [0.25, 0.3) is 0 Å². The summed E-state index contributed by atoms with van der Waals surface area (Å²) in [5.74, 6) is 0.468. The van der Waals surface area contributed by atoms with E-state index in [9.17, 15) is 4.79 Å². The predicted molar refractivity (Wildman–Crippen MR) is 110 cm³/mol. The lowest BCUT2D eigenvalue weighted by Gasteiger charge is -2.46. The van der Waals surface area contributed by atoms with E-state index in [-0.39, 0.29) is 12.1 Å². The predicted octanol–water partition coefficient (Wildman–Crippen LogP) is 3.55. The molecule has 0 radical (unpaired) electrons. The maximum Gasteiger partial charge on any atom is 0.317 e. The smallest absolute Gasteiger partial charge is 0.317 e. The molecule has 27 heavy (non-hydrogen) atoms. The number of carbonyl (C=O) groups is 1. The van der Waals surface area contributed by atoms with Crippen LogP contribution in [0.15, 0.2) is 12.1 Å². The summed E-state index contributed by atoms with van der Waals surface area (Å²) in [6.45, 7) is 10.9. The van der Waals surface area contributed by atoms with Crippen LogP contribution in [0.3, 0.4) is 0 Å². The number of hydrogen-bond donors (Lipinski definition) is 2. The van der Waals surface area contributed by atoms with Gasteiger partial charge in [-0.3, -0.25) is 0 Å². The monoisotopic (exact) mass is 368 g/mol. The van der Waals surface area contributed by atoms with Crippen molar-refractivity contribution >= 4 is 16.9 Å². The lowest BCUT2D eigenvalue weighted by Crippen LogP contribution is -2.56. The number of rotatable bonds is 3. The Morgan fingerprint density at radius 3 is 2.74 bits per heavy atom. The third kappa shape index (κ3) is 3.02. The fourth-order valence-corrected chi connectivity index (χ4v) is 5.31. The molecule has 1 aliphatic carbocycles. The van der Waals surface area contributed by atoms with Crippen molar-refractivity contribution in [1.82, 2.24) is 20.1 Å². The van der Waals surface area contributed by atoms with Gasteiger partial charge >= 0.3 is 6.03 Å². The quantitative estimate of drug-likeness (QED) is 0.870. The number of benzene rings is 1. The molecule has 0 bridgehead atoms. The van der Waals surface area contributed by atoms with Crippen LogP contribution in [0.25, 0.3) is 10.9 Å². The van der Waals surface area contributed by atoms with Crippen molar-refractivity contribution in [3.05, 3.63) is 34.5 Å². The van der Waals surface area contributed by atoms with Gasteiger partial charge in [-0.1, -0.05) is 6.07 Å². The minimum absolute atomic E-state index is 0.0697. The highest BCUT2D eigenvalue weighted by Crippen LogP contribution is 2.44. The first-order chi connectivity index (χ1) is 12.9. The molecule has 5 nitrogen and oxygen atoms in total. The number of fused-ring (bicyclic) bond motifs is 2. The average molecular weight is 369 g/mol. The minimum atomic E-state index is 0.0697. The summed E-state index contributed by atoms with van der Waals surface area (Å²) >= 11 is 0. The van der Waals surface area contributed by atoms with E-state index in [2.05, 4.69) is 48.2 Å². The molecule has 146 valence electrons. The molecule has 1 aliphatic heterocycles. The van der Waals surface area contributed by atoms with Gasteiger partial charge in [0.2, 0.25) is 0 Å². The Labute approximate surface area is 162 Å². The van der Waals surface area contributed by atoms with Gasteiger partial charge < -0.3 is 20.1 Å². The summed E-state index contributed by atoms with van der Waals surface area (Å²) in [7, 11) is 2.22. The second kappa shape index (κ2) is 6.86. The van der Waals surface area contributed by atoms with Crippen molar-refractivity contribution in [1.29, 1.82) is 0 Å². The maximum absolute atomic E-state index is 12.6. The van der Waals surface area contributed by atoms with Crippen LogP contribution < -0.4 is 5.32 Å². The zero-order chi connectivity index (χ0) is 19.3. The van der Waals surface area contributed by atoms with E-state index in [4.69, 9.17) is 0 Å². The number of aromatic amines is 1. The Bertz CT molecular complexity index is 867. The first-order valence-corrected chi connectivity index (χ1v) is 10.3. The van der Waals surface area contributed by atoms with Crippen molar-refractivity contribution in [2.24, 2.45) is 0 Å². The van der Waals surface area contributed by atoms with Crippen LogP contribution in [0.4, 0.5) is 4.79 Å². The SMILES string of the molecule is CCN(CC)C(=O)N[C@H]1C[C@@H]2c3cc(C)cc4[nH]c(C)c(c34)C[C@H]2N(C)C1. The van der Waals surface area contributed by atoms with Crippen molar-refractivity contribution in [3.8, 4) is 0 Å². The molecule has 1 aromatic heterocycles. The van der Waals surface area contributed by atoms with Gasteiger partial charge in [-0.2, -0.15) is 0 Å². The molecule has 2 aliphatic rings. The molecule has 5 heteroatoms. The zero-order valence-corrected chi connectivity index (χ0v) is 17.2. The summed E-state index contributed by atoms with van der Waals surface area (Å²) in [6, 6.07) is 5.42. The van der Waals surface area contributed by atoms with Crippen molar-refractivity contribution in [2.45, 2.75) is 58.5 Å². The second-order valence-electron chi connectivity index (χ2n) is 8.38. The molecule has 1 saturated heterocycles. The van der Waals surface area contributed by atoms with E-state index >= 15 is 0 Å². The number of likely N-dealkylation sites (tertiary alicyclic amines) is 1. The number of urea groups is 1. The molecular weight excluding hydrogens is 336 g/mol. The number of piperidine rings is 1. The summed E-state index contributed by atoms with van der Waals surface area (Å²) < 4.78 is 0. The lowest BCUT2D eigenvalue weighted by atomic mass is 9.73. The van der Waals surface area contributed by atoms with Gasteiger partial charge in [-0.15, -0.1) is 0 Å². The number of H-pyrrole nitrogens is 1. The zero-order valence-electron chi connectivity index (χ0n) is 17.2. The van der Waals surface area contributed by atoms with Crippen molar-refractivity contribution in [2.75, 3.05) is 26.7 Å². The standard InChI is InChI=1S/C22H32N4O/c1-6-26(7-2)22(27)24-15-10-17-18-8-13(3)9-19-21(18)16(14(4)23-19)11-20(17)25(5)12-15/h8-9,15,17,20,23H,6-7,10-12H2,1-5H3,(H,24,27)/t15-,17+,20+/m0/s1. The van der Waals surface area contributed by atoms with E-state index in [1.165, 1.54) is 33.3 Å². The number of nitrogens with zero attached hydrogens (tertiary/aromatic N) is 2. The first-order valence-electron chi connectivity index (χ1n) is 10.3. The molecule has 1 aromatic carbocycles. The van der Waals surface area contributed by atoms with E-state index in [0.29, 0.717) is 12.0 Å². The van der Waals surface area contributed by atoms with E-state index in [0.717, 1.165) is 32.5 Å². The van der Waals surface area contributed by atoms with Gasteiger partial charge in [0.05, 0.1) is 0 Å². The maximum atomic E-state index is 12.6. The molecule has 2 aromatic rings. The number of likely N-dealkylation sites (N-methyl/N-ethyl adjacent to an activating group) is 1. The fraction of sp³-hybridized carbons (Fsp3) is 0.591. The molecule has 2 amide bonds. The van der Waals surface area contributed by atoms with Gasteiger partial charge in [0.1, 0.15) is 0 Å². The van der Waals surface area contributed by atoms with E-state index in [1.54, 1.807) is 0 Å². The molecular formula is C22H32N4O. The van der Waals surface area contributed by atoms with Crippen LogP contribution in [0, 0.1) is 13.8 Å². The Balaban J connectivity index is 1.66. The summed E-state index contributed by atoms with van der Waals surface area (Å²) in [5, 5.41) is 4.73. The van der Waals surface area contributed by atoms with Crippen LogP contribution in [-0.4, -0.2) is 59.6 Å². The summed E-state index contributed by atoms with van der Waals surface area (Å²) in [4.78, 5) is 20.5. The Morgan fingerprint density at radius 2 is 2.04 bits per heavy atom. The summed E-state index contributed by atoms with van der Waals surface area (Å²) in [5.41, 5.74) is 6.84. The van der Waals surface area contributed by atoms with E-state index < -0.39 is 0 Å². The molecule has 2 N–H and O–H groups in total. The lowest BCUT2D eigenvalue weighted by molar-refractivity contribution is 0.124. The summed E-state index contributed by atoms with van der Waals surface area (Å²) in [6.07, 6.45) is 2.12. The topological polar surface area (TPSA) is 51.4 Å². The molecule has 0 unspecified atom stereocenters. The number of aromatic nitrogens is 1. The van der Waals surface area contributed by atoms with Gasteiger partial charge in [0, 0.05) is 54.2 Å². The highest BCUT2D eigenvalue weighted by atomic mass is 16.2. The fourth-order valence-electron chi connectivity index (χ4n) is 5.31. The highest BCUT2D eigenvalue weighted by molar-refractivity contribution is 5.90. The van der Waals surface area contributed by atoms with Crippen LogP contribution in [0.1, 0.15) is 48.6 Å². The first kappa shape index (κ1) is 18.4. The second-order valence-corrected chi connectivity index (χ2v) is 8.38. The van der Waals surface area contributed by atoms with Crippen LogP contribution in [0.2, 0.25) is 0 Å². The normalized spacial score (nSPS) is 24.7. The van der Waals surface area contributed by atoms with Crippen LogP contribution >= 0.6 is 0 Å². The largest absolute Gasteiger partial charge is 0.358 e. The number of hydrogen-bond acceptors (Lipinski definition) is 2. The molecule has 1 fully saturated rings. The number of nitrogens with one attached hydrogen (secondary N) is 2. The molecule has 4 rings (SSSR count). The van der Waals surface area contributed by atoms with Gasteiger partial charge in [0.15, 0.2) is 0 Å². The van der Waals surface area contributed by atoms with Crippen molar-refractivity contribution in [3.63, 3.8) is 0 Å². The number of carbonyl (C=O) groups excluding carboxylic acids is 1. The molecule has 3 atom stereocenters.